The average molecular weight is 426 g/mol. The molecule has 8 nitrogen and oxygen atoms in total. The molecule has 156 valence electrons. The first-order valence-electron chi connectivity index (χ1n) is 9.71. The van der Waals surface area contributed by atoms with Gasteiger partial charge in [-0.05, 0) is 62.2 Å². The Balaban J connectivity index is 1.38. The van der Waals surface area contributed by atoms with E-state index < -0.39 is 10.0 Å². The minimum absolute atomic E-state index is 0.168. The fourth-order valence-corrected chi connectivity index (χ4v) is 5.06. The maximum Gasteiger partial charge on any atom is 0.251 e. The van der Waals surface area contributed by atoms with Crippen molar-refractivity contribution in [1.29, 1.82) is 0 Å². The lowest BCUT2D eigenvalue weighted by atomic mass is 10.2. The van der Waals surface area contributed by atoms with Crippen molar-refractivity contribution in [2.24, 2.45) is 0 Å². The minimum Gasteiger partial charge on any atom is -0.348 e. The number of benzene rings is 1. The van der Waals surface area contributed by atoms with Gasteiger partial charge in [-0.3, -0.25) is 9.10 Å². The first-order valence-corrected chi connectivity index (χ1v) is 11.3. The average Bonchev–Trinajstić information content (AvgIpc) is 3.26. The highest BCUT2D eigenvalue weighted by molar-refractivity contribution is 7.93. The monoisotopic (exact) mass is 425 g/mol. The Bertz CT molecular complexity index is 1170. The molecule has 1 aliphatic rings. The predicted octanol–water partition coefficient (Wildman–Crippen LogP) is 2.35. The number of nitrogens with zero attached hydrogens (tertiary/aromatic N) is 4. The Morgan fingerprint density at radius 1 is 1.13 bits per heavy atom. The molecule has 1 N–H and O–H groups in total. The topological polar surface area (TPSA) is 97.2 Å². The first-order chi connectivity index (χ1) is 14.3. The highest BCUT2D eigenvalue weighted by atomic mass is 32.2. The second-order valence-corrected chi connectivity index (χ2v) is 9.35. The molecule has 9 heteroatoms. The fraction of sp³-hybridized carbons (Fsp3) is 0.286. The minimum atomic E-state index is -3.22. The van der Waals surface area contributed by atoms with Gasteiger partial charge in [0, 0.05) is 30.5 Å². The number of pyridine rings is 1. The maximum atomic E-state index is 12.4. The van der Waals surface area contributed by atoms with E-state index in [1.54, 1.807) is 35.1 Å². The Morgan fingerprint density at radius 3 is 2.47 bits per heavy atom. The molecule has 1 amide bonds. The SMILES string of the molecule is Cc1cc(C)n(-c2ccc(CNC(=O)c3ccc(N4CCCS4(=O)=O)cc3)cn2)n1. The lowest BCUT2D eigenvalue weighted by molar-refractivity contribution is 0.0951. The molecule has 0 aliphatic carbocycles. The zero-order valence-electron chi connectivity index (χ0n) is 16.9. The Morgan fingerprint density at radius 2 is 1.90 bits per heavy atom. The van der Waals surface area contributed by atoms with E-state index in [1.807, 2.05) is 32.0 Å². The van der Waals surface area contributed by atoms with Gasteiger partial charge < -0.3 is 5.32 Å². The van der Waals surface area contributed by atoms with Crippen LogP contribution in [0.15, 0.2) is 48.7 Å². The zero-order valence-corrected chi connectivity index (χ0v) is 17.7. The highest BCUT2D eigenvalue weighted by Gasteiger charge is 2.28. The van der Waals surface area contributed by atoms with Gasteiger partial charge in [-0.2, -0.15) is 5.10 Å². The third-order valence-corrected chi connectivity index (χ3v) is 6.88. The normalized spacial score (nSPS) is 15.3. The van der Waals surface area contributed by atoms with Crippen LogP contribution in [0, 0.1) is 13.8 Å². The van der Waals surface area contributed by atoms with E-state index >= 15 is 0 Å². The summed E-state index contributed by atoms with van der Waals surface area (Å²) in [4.78, 5) is 16.9. The molecule has 0 atom stereocenters. The van der Waals surface area contributed by atoms with Gasteiger partial charge in [0.25, 0.3) is 5.91 Å². The van der Waals surface area contributed by atoms with Gasteiger partial charge in [-0.25, -0.2) is 18.1 Å². The number of carbonyl (C=O) groups excluding carboxylic acids is 1. The largest absolute Gasteiger partial charge is 0.348 e. The van der Waals surface area contributed by atoms with Crippen molar-refractivity contribution in [3.05, 3.63) is 71.2 Å². The predicted molar refractivity (Wildman–Crippen MR) is 114 cm³/mol. The molecule has 1 aliphatic heterocycles. The van der Waals surface area contributed by atoms with Crippen molar-refractivity contribution >= 4 is 21.6 Å². The Kier molecular flexibility index (Phi) is 5.29. The highest BCUT2D eigenvalue weighted by Crippen LogP contribution is 2.24. The van der Waals surface area contributed by atoms with Crippen molar-refractivity contribution in [2.75, 3.05) is 16.6 Å². The van der Waals surface area contributed by atoms with Gasteiger partial charge in [-0.15, -0.1) is 0 Å². The van der Waals surface area contributed by atoms with E-state index in [0.717, 1.165) is 22.8 Å². The van der Waals surface area contributed by atoms with Crippen LogP contribution in [0.1, 0.15) is 33.7 Å². The van der Waals surface area contributed by atoms with Crippen molar-refractivity contribution in [3.8, 4) is 5.82 Å². The van der Waals surface area contributed by atoms with Crippen molar-refractivity contribution in [2.45, 2.75) is 26.8 Å². The van der Waals surface area contributed by atoms with Crippen LogP contribution in [-0.2, 0) is 16.6 Å². The third-order valence-electron chi connectivity index (χ3n) is 5.01. The zero-order chi connectivity index (χ0) is 21.3. The summed E-state index contributed by atoms with van der Waals surface area (Å²) in [5, 5.41) is 7.27. The van der Waals surface area contributed by atoms with E-state index in [4.69, 9.17) is 0 Å². The number of hydrogen-bond acceptors (Lipinski definition) is 5. The lowest BCUT2D eigenvalue weighted by Crippen LogP contribution is -2.25. The standard InChI is InChI=1S/C21H23N5O3S/c1-15-12-16(2)26(24-15)20-9-4-17(13-22-20)14-23-21(27)18-5-7-19(8-6-18)25-10-3-11-30(25,28)29/h4-9,12-13H,3,10-11,14H2,1-2H3,(H,23,27). The van der Waals surface area contributed by atoms with Crippen LogP contribution >= 0.6 is 0 Å². The molecule has 3 aromatic rings. The van der Waals surface area contributed by atoms with E-state index in [2.05, 4.69) is 15.4 Å². The van der Waals surface area contributed by atoms with E-state index in [9.17, 15) is 13.2 Å². The van der Waals surface area contributed by atoms with Crippen LogP contribution < -0.4 is 9.62 Å². The number of nitrogens with one attached hydrogen (secondary N) is 1. The van der Waals surface area contributed by atoms with Gasteiger partial charge >= 0.3 is 0 Å². The number of hydrogen-bond donors (Lipinski definition) is 1. The molecule has 3 heterocycles. The van der Waals surface area contributed by atoms with Crippen LogP contribution in [0.2, 0.25) is 0 Å². The number of amides is 1. The van der Waals surface area contributed by atoms with Crippen molar-refractivity contribution in [1.82, 2.24) is 20.1 Å². The summed E-state index contributed by atoms with van der Waals surface area (Å²) >= 11 is 0. The smallest absolute Gasteiger partial charge is 0.251 e. The van der Waals surface area contributed by atoms with Gasteiger partial charge in [0.15, 0.2) is 5.82 Å². The lowest BCUT2D eigenvalue weighted by Gasteiger charge is -2.17. The number of anilines is 1. The Hall–Kier alpha value is -3.20. The van der Waals surface area contributed by atoms with Crippen molar-refractivity contribution in [3.63, 3.8) is 0 Å². The molecule has 1 aromatic carbocycles. The third kappa shape index (κ3) is 4.06. The van der Waals surface area contributed by atoms with Crippen LogP contribution in [-0.4, -0.2) is 41.4 Å². The summed E-state index contributed by atoms with van der Waals surface area (Å²) in [6.07, 6.45) is 2.34. The molecule has 0 saturated carbocycles. The summed E-state index contributed by atoms with van der Waals surface area (Å²) in [5.41, 5.74) is 3.87. The van der Waals surface area contributed by atoms with Crippen LogP contribution in [0.5, 0.6) is 0 Å². The molecule has 1 fully saturated rings. The summed E-state index contributed by atoms with van der Waals surface area (Å²) in [5.74, 6) is 0.665. The van der Waals surface area contributed by atoms with Crippen LogP contribution in [0.25, 0.3) is 5.82 Å². The van der Waals surface area contributed by atoms with Crippen LogP contribution in [0.4, 0.5) is 5.69 Å². The van der Waals surface area contributed by atoms with Gasteiger partial charge in [-0.1, -0.05) is 6.07 Å². The van der Waals surface area contributed by atoms with Gasteiger partial charge in [0.05, 0.1) is 17.1 Å². The molecular formula is C21H23N5O3S. The molecule has 30 heavy (non-hydrogen) atoms. The van der Waals surface area contributed by atoms with E-state index in [0.29, 0.717) is 30.8 Å². The van der Waals surface area contributed by atoms with Crippen molar-refractivity contribution < 1.29 is 13.2 Å². The first kappa shape index (κ1) is 20.1. The molecule has 2 aromatic heterocycles. The summed E-state index contributed by atoms with van der Waals surface area (Å²) < 4.78 is 27.2. The van der Waals surface area contributed by atoms with Gasteiger partial charge in [0.1, 0.15) is 0 Å². The molecule has 0 unspecified atom stereocenters. The van der Waals surface area contributed by atoms with Crippen LogP contribution in [0.3, 0.4) is 0 Å². The molecule has 0 spiro atoms. The molecule has 0 radical (unpaired) electrons. The summed E-state index contributed by atoms with van der Waals surface area (Å²) in [7, 11) is -3.22. The fourth-order valence-electron chi connectivity index (χ4n) is 3.50. The number of sulfonamides is 1. The summed E-state index contributed by atoms with van der Waals surface area (Å²) in [6.45, 7) is 4.73. The Labute approximate surface area is 175 Å². The molecule has 4 rings (SSSR count). The molecule has 0 bridgehead atoms. The van der Waals surface area contributed by atoms with E-state index in [1.165, 1.54) is 4.31 Å². The number of aryl methyl sites for hydroxylation is 2. The summed E-state index contributed by atoms with van der Waals surface area (Å²) in [6, 6.07) is 12.4. The van der Waals surface area contributed by atoms with E-state index in [-0.39, 0.29) is 11.7 Å². The van der Waals surface area contributed by atoms with Gasteiger partial charge in [0.2, 0.25) is 10.0 Å². The second kappa shape index (κ2) is 7.91. The number of aromatic nitrogens is 3. The number of carbonyl (C=O) groups is 1. The number of rotatable bonds is 5. The molecular weight excluding hydrogens is 402 g/mol. The maximum absolute atomic E-state index is 12.4. The quantitative estimate of drug-likeness (QED) is 0.677. The second-order valence-electron chi connectivity index (χ2n) is 7.33. The molecule has 1 saturated heterocycles.